The largest absolute Gasteiger partial charge is 0.497 e. The van der Waals surface area contributed by atoms with Crippen molar-refractivity contribution >= 4 is 0 Å². The van der Waals surface area contributed by atoms with Crippen LogP contribution in [-0.2, 0) is 17.7 Å². The summed E-state index contributed by atoms with van der Waals surface area (Å²) in [6.45, 7) is 3.02. The topological polar surface area (TPSA) is 34.6 Å². The second-order valence-electron chi connectivity index (χ2n) is 6.43. The molecule has 2 heterocycles. The van der Waals surface area contributed by atoms with Crippen LogP contribution in [0.15, 0.2) is 48.7 Å². The molecule has 4 heteroatoms. The van der Waals surface area contributed by atoms with E-state index >= 15 is 0 Å². The zero-order valence-electron chi connectivity index (χ0n) is 14.5. The maximum atomic E-state index is 5.75. The molecular weight excluding hydrogens is 300 g/mol. The molecule has 0 unspecified atom stereocenters. The van der Waals surface area contributed by atoms with Crippen molar-refractivity contribution in [2.24, 2.45) is 5.92 Å². The molecule has 1 aliphatic rings. The van der Waals surface area contributed by atoms with Gasteiger partial charge in [0.15, 0.2) is 0 Å². The number of hydrogen-bond acceptors (Lipinski definition) is 4. The first-order valence-electron chi connectivity index (χ1n) is 8.56. The number of piperidine rings is 1. The molecule has 1 aliphatic heterocycles. The van der Waals surface area contributed by atoms with Gasteiger partial charge in [-0.05, 0) is 42.7 Å². The molecule has 1 aromatic heterocycles. The van der Waals surface area contributed by atoms with Crippen molar-refractivity contribution in [3.8, 4) is 5.75 Å². The van der Waals surface area contributed by atoms with Crippen molar-refractivity contribution in [1.29, 1.82) is 0 Å². The maximum Gasteiger partial charge on any atom is 0.118 e. The summed E-state index contributed by atoms with van der Waals surface area (Å²) in [6, 6.07) is 14.5. The van der Waals surface area contributed by atoms with Crippen LogP contribution in [0, 0.1) is 5.92 Å². The Bertz CT molecular complexity index is 615. The van der Waals surface area contributed by atoms with Gasteiger partial charge in [-0.15, -0.1) is 0 Å². The number of aromatic nitrogens is 1. The smallest absolute Gasteiger partial charge is 0.118 e. The molecule has 24 heavy (non-hydrogen) atoms. The molecule has 2 aromatic rings. The average Bonchev–Trinajstić information content (AvgIpc) is 2.63. The molecule has 0 N–H and O–H groups in total. The van der Waals surface area contributed by atoms with Crippen molar-refractivity contribution < 1.29 is 9.47 Å². The fourth-order valence-electron chi connectivity index (χ4n) is 3.52. The van der Waals surface area contributed by atoms with Crippen LogP contribution in [0.2, 0.25) is 0 Å². The lowest BCUT2D eigenvalue weighted by Crippen LogP contribution is -2.44. The molecule has 0 amide bonds. The standard InChI is InChI=1S/C20H26N2O2/c1-23-19-8-6-16(7-9-19)13-17-14-22(12-10-20(17)24-2)15-18-5-3-4-11-21-18/h3-9,11,17,20H,10,12-15H2,1-2H3/t17-,20+/m0/s1. The fraction of sp³-hybridized carbons (Fsp3) is 0.450. The second-order valence-corrected chi connectivity index (χ2v) is 6.43. The van der Waals surface area contributed by atoms with Crippen LogP contribution in [0.1, 0.15) is 17.7 Å². The van der Waals surface area contributed by atoms with Gasteiger partial charge in [0.25, 0.3) is 0 Å². The monoisotopic (exact) mass is 326 g/mol. The minimum Gasteiger partial charge on any atom is -0.497 e. The molecule has 4 nitrogen and oxygen atoms in total. The lowest BCUT2D eigenvalue weighted by Gasteiger charge is -2.38. The molecule has 1 aromatic carbocycles. The van der Waals surface area contributed by atoms with E-state index < -0.39 is 0 Å². The SMILES string of the molecule is COc1ccc(C[C@H]2CN(Cc3ccccn3)CC[C@H]2OC)cc1. The molecule has 1 saturated heterocycles. The Morgan fingerprint density at radius 3 is 2.62 bits per heavy atom. The van der Waals surface area contributed by atoms with Gasteiger partial charge >= 0.3 is 0 Å². The lowest BCUT2D eigenvalue weighted by molar-refractivity contribution is -0.00878. The van der Waals surface area contributed by atoms with Gasteiger partial charge in [0, 0.05) is 38.9 Å². The highest BCUT2D eigenvalue weighted by Gasteiger charge is 2.29. The molecule has 128 valence electrons. The number of ether oxygens (including phenoxy) is 2. The number of pyridine rings is 1. The highest BCUT2D eigenvalue weighted by atomic mass is 16.5. The van der Waals surface area contributed by atoms with Crippen LogP contribution in [-0.4, -0.2) is 43.3 Å². The number of benzene rings is 1. The molecular formula is C20H26N2O2. The summed E-state index contributed by atoms with van der Waals surface area (Å²) < 4.78 is 11.0. The zero-order valence-corrected chi connectivity index (χ0v) is 14.5. The van der Waals surface area contributed by atoms with Crippen LogP contribution in [0.25, 0.3) is 0 Å². The third-order valence-electron chi connectivity index (χ3n) is 4.82. The minimum absolute atomic E-state index is 0.326. The van der Waals surface area contributed by atoms with E-state index in [0.717, 1.165) is 43.9 Å². The van der Waals surface area contributed by atoms with Crippen molar-refractivity contribution in [3.63, 3.8) is 0 Å². The second kappa shape index (κ2) is 8.27. The summed E-state index contributed by atoms with van der Waals surface area (Å²) in [7, 11) is 3.53. The Morgan fingerprint density at radius 1 is 1.12 bits per heavy atom. The van der Waals surface area contributed by atoms with Gasteiger partial charge in [-0.3, -0.25) is 9.88 Å². The fourth-order valence-corrected chi connectivity index (χ4v) is 3.52. The first kappa shape index (κ1) is 16.9. The highest BCUT2D eigenvalue weighted by molar-refractivity contribution is 5.27. The molecule has 0 bridgehead atoms. The van der Waals surface area contributed by atoms with Gasteiger partial charge in [0.1, 0.15) is 5.75 Å². The number of hydrogen-bond donors (Lipinski definition) is 0. The van der Waals surface area contributed by atoms with E-state index in [-0.39, 0.29) is 0 Å². The van der Waals surface area contributed by atoms with Crippen LogP contribution in [0.5, 0.6) is 5.75 Å². The van der Waals surface area contributed by atoms with Gasteiger partial charge in [-0.1, -0.05) is 18.2 Å². The van der Waals surface area contributed by atoms with E-state index in [9.17, 15) is 0 Å². The Labute approximate surface area is 144 Å². The van der Waals surface area contributed by atoms with Gasteiger partial charge in [-0.2, -0.15) is 0 Å². The quantitative estimate of drug-likeness (QED) is 0.817. The van der Waals surface area contributed by atoms with Crippen molar-refractivity contribution in [3.05, 3.63) is 59.9 Å². The van der Waals surface area contributed by atoms with E-state index in [4.69, 9.17) is 9.47 Å². The van der Waals surface area contributed by atoms with Crippen LogP contribution in [0.4, 0.5) is 0 Å². The number of rotatable bonds is 6. The van der Waals surface area contributed by atoms with E-state index in [2.05, 4.69) is 34.1 Å². The Hall–Kier alpha value is -1.91. The van der Waals surface area contributed by atoms with E-state index in [0.29, 0.717) is 12.0 Å². The normalized spacial score (nSPS) is 21.6. The summed E-state index contributed by atoms with van der Waals surface area (Å²) >= 11 is 0. The number of methoxy groups -OCH3 is 2. The minimum atomic E-state index is 0.326. The van der Waals surface area contributed by atoms with Crippen LogP contribution >= 0.6 is 0 Å². The molecule has 1 fully saturated rings. The zero-order chi connectivity index (χ0) is 16.8. The summed E-state index contributed by atoms with van der Waals surface area (Å²) in [4.78, 5) is 6.95. The number of likely N-dealkylation sites (tertiary alicyclic amines) is 1. The van der Waals surface area contributed by atoms with E-state index in [1.807, 2.05) is 31.5 Å². The third-order valence-corrected chi connectivity index (χ3v) is 4.82. The van der Waals surface area contributed by atoms with Crippen LogP contribution < -0.4 is 4.74 Å². The summed E-state index contributed by atoms with van der Waals surface area (Å²) in [5, 5.41) is 0. The third kappa shape index (κ3) is 4.34. The van der Waals surface area contributed by atoms with E-state index in [1.165, 1.54) is 5.56 Å². The molecule has 0 aliphatic carbocycles. The Morgan fingerprint density at radius 2 is 1.96 bits per heavy atom. The Kier molecular flexibility index (Phi) is 5.83. The average molecular weight is 326 g/mol. The van der Waals surface area contributed by atoms with Crippen molar-refractivity contribution in [1.82, 2.24) is 9.88 Å². The molecule has 0 saturated carbocycles. The van der Waals surface area contributed by atoms with E-state index in [1.54, 1.807) is 7.11 Å². The van der Waals surface area contributed by atoms with Gasteiger partial charge in [-0.25, -0.2) is 0 Å². The summed E-state index contributed by atoms with van der Waals surface area (Å²) in [5.41, 5.74) is 2.47. The lowest BCUT2D eigenvalue weighted by atomic mass is 9.88. The molecule has 3 rings (SSSR count). The van der Waals surface area contributed by atoms with Gasteiger partial charge in [0.2, 0.25) is 0 Å². The Balaban J connectivity index is 1.64. The summed E-state index contributed by atoms with van der Waals surface area (Å²) in [5.74, 6) is 1.41. The number of nitrogens with zero attached hydrogens (tertiary/aromatic N) is 2. The molecule has 0 spiro atoms. The predicted octanol–water partition coefficient (Wildman–Crippen LogP) is 3.17. The van der Waals surface area contributed by atoms with Crippen LogP contribution in [0.3, 0.4) is 0 Å². The van der Waals surface area contributed by atoms with Gasteiger partial charge < -0.3 is 9.47 Å². The molecule has 0 radical (unpaired) electrons. The first-order chi connectivity index (χ1) is 11.8. The van der Waals surface area contributed by atoms with Crippen molar-refractivity contribution in [2.45, 2.75) is 25.5 Å². The van der Waals surface area contributed by atoms with Gasteiger partial charge in [0.05, 0.1) is 18.9 Å². The maximum absolute atomic E-state index is 5.75. The highest BCUT2D eigenvalue weighted by Crippen LogP contribution is 2.25. The molecule has 2 atom stereocenters. The summed E-state index contributed by atoms with van der Waals surface area (Å²) in [6.07, 6.45) is 4.30. The predicted molar refractivity (Wildman–Crippen MR) is 95.1 cm³/mol. The first-order valence-corrected chi connectivity index (χ1v) is 8.56. The van der Waals surface area contributed by atoms with Crippen molar-refractivity contribution in [2.75, 3.05) is 27.3 Å².